The van der Waals surface area contributed by atoms with Crippen molar-refractivity contribution in [2.24, 2.45) is 0 Å². The summed E-state index contributed by atoms with van der Waals surface area (Å²) in [4.78, 5) is 12.3. The summed E-state index contributed by atoms with van der Waals surface area (Å²) in [6.07, 6.45) is 0. The average molecular weight is 341 g/mol. The maximum Gasteiger partial charge on any atom is 0.339 e. The minimum atomic E-state index is -0.367. The predicted octanol–water partition coefficient (Wildman–Crippen LogP) is 2.76. The number of benzene rings is 2. The van der Waals surface area contributed by atoms with Crippen molar-refractivity contribution in [2.75, 3.05) is 33.7 Å². The fraction of sp³-hybridized carbons (Fsp3) is 0.211. The lowest BCUT2D eigenvalue weighted by atomic mass is 9.96. The Kier molecular flexibility index (Phi) is 4.52. The predicted molar refractivity (Wildman–Crippen MR) is 94.7 cm³/mol. The Hall–Kier alpha value is -3.15. The van der Waals surface area contributed by atoms with Crippen molar-refractivity contribution in [1.29, 1.82) is 0 Å². The Bertz CT molecular complexity index is 814. The van der Waals surface area contributed by atoms with E-state index in [1.165, 1.54) is 0 Å². The van der Waals surface area contributed by atoms with Gasteiger partial charge < -0.3 is 24.7 Å². The number of esters is 1. The second kappa shape index (κ2) is 6.76. The van der Waals surface area contributed by atoms with Gasteiger partial charge in [0.2, 0.25) is 5.75 Å². The molecule has 3 rings (SSSR count). The van der Waals surface area contributed by atoms with E-state index in [-0.39, 0.29) is 12.6 Å². The zero-order valence-electron chi connectivity index (χ0n) is 14.3. The second-order valence-corrected chi connectivity index (χ2v) is 5.47. The van der Waals surface area contributed by atoms with Crippen molar-refractivity contribution in [3.8, 4) is 17.2 Å². The number of hydrogen-bond donors (Lipinski definition) is 1. The van der Waals surface area contributed by atoms with E-state index in [1.54, 1.807) is 57.7 Å². The van der Waals surface area contributed by atoms with Crippen molar-refractivity contribution < 1.29 is 23.7 Å². The molecule has 6 heteroatoms. The van der Waals surface area contributed by atoms with Crippen LogP contribution in [0.4, 0.5) is 5.69 Å². The van der Waals surface area contributed by atoms with Crippen LogP contribution in [0.5, 0.6) is 17.2 Å². The first-order valence-electron chi connectivity index (χ1n) is 7.65. The van der Waals surface area contributed by atoms with Crippen LogP contribution in [0.15, 0.2) is 36.4 Å². The molecule has 1 aliphatic rings. The summed E-state index contributed by atoms with van der Waals surface area (Å²) in [7, 11) is 4.64. The molecule has 6 nitrogen and oxygen atoms in total. The Balaban J connectivity index is 2.19. The molecule has 0 saturated heterocycles. The molecule has 0 spiro atoms. The Morgan fingerprint density at radius 2 is 1.52 bits per heavy atom. The minimum absolute atomic E-state index is 0.178. The molecule has 2 aromatic rings. The lowest BCUT2D eigenvalue weighted by Crippen LogP contribution is -1.99. The van der Waals surface area contributed by atoms with Gasteiger partial charge in [-0.25, -0.2) is 4.79 Å². The van der Waals surface area contributed by atoms with Crippen LogP contribution in [0.25, 0.3) is 11.1 Å². The molecule has 0 fully saturated rings. The second-order valence-electron chi connectivity index (χ2n) is 5.47. The molecule has 25 heavy (non-hydrogen) atoms. The first-order valence-corrected chi connectivity index (χ1v) is 7.65. The molecule has 0 amide bonds. The molecule has 130 valence electrons. The SMILES string of the molecule is COc1cc(C2=C(c3ccc(N)cc3)C(=O)OC2)cc(OC)c1OC. The molecule has 0 aromatic heterocycles. The van der Waals surface area contributed by atoms with Gasteiger partial charge >= 0.3 is 5.97 Å². The van der Waals surface area contributed by atoms with Crippen molar-refractivity contribution in [1.82, 2.24) is 0 Å². The Labute approximate surface area is 145 Å². The van der Waals surface area contributed by atoms with Gasteiger partial charge in [-0.2, -0.15) is 0 Å². The number of carbonyl (C=O) groups is 1. The summed E-state index contributed by atoms with van der Waals surface area (Å²) in [5, 5.41) is 0. The van der Waals surface area contributed by atoms with Gasteiger partial charge in [0.05, 0.1) is 26.9 Å². The molecular weight excluding hydrogens is 322 g/mol. The number of methoxy groups -OCH3 is 3. The fourth-order valence-electron chi connectivity index (χ4n) is 2.83. The van der Waals surface area contributed by atoms with Gasteiger partial charge in [-0.15, -0.1) is 0 Å². The van der Waals surface area contributed by atoms with Crippen LogP contribution in [0.2, 0.25) is 0 Å². The molecule has 0 saturated carbocycles. The molecule has 0 aliphatic carbocycles. The molecular formula is C19H19NO5. The summed E-state index contributed by atoms with van der Waals surface area (Å²) in [5.41, 5.74) is 9.15. The van der Waals surface area contributed by atoms with Crippen LogP contribution in [0.3, 0.4) is 0 Å². The van der Waals surface area contributed by atoms with E-state index in [0.29, 0.717) is 28.5 Å². The molecule has 0 bridgehead atoms. The summed E-state index contributed by atoms with van der Waals surface area (Å²) in [5.74, 6) is 1.16. The van der Waals surface area contributed by atoms with E-state index in [0.717, 1.165) is 16.7 Å². The van der Waals surface area contributed by atoms with Crippen LogP contribution < -0.4 is 19.9 Å². The standard InChI is InChI=1S/C19H19NO5/c1-22-15-8-12(9-16(23-2)18(15)24-3)14-10-25-19(21)17(14)11-4-6-13(20)7-5-11/h4-9H,10,20H2,1-3H3. The Morgan fingerprint density at radius 1 is 0.920 bits per heavy atom. The van der Waals surface area contributed by atoms with Crippen LogP contribution in [-0.2, 0) is 9.53 Å². The topological polar surface area (TPSA) is 80.0 Å². The van der Waals surface area contributed by atoms with Crippen LogP contribution in [0.1, 0.15) is 11.1 Å². The maximum atomic E-state index is 12.3. The third kappa shape index (κ3) is 2.98. The average Bonchev–Trinajstić information content (AvgIpc) is 3.02. The number of ether oxygens (including phenoxy) is 4. The lowest BCUT2D eigenvalue weighted by Gasteiger charge is -2.14. The third-order valence-corrected chi connectivity index (χ3v) is 4.07. The van der Waals surface area contributed by atoms with Crippen LogP contribution >= 0.6 is 0 Å². The highest BCUT2D eigenvalue weighted by Gasteiger charge is 2.28. The van der Waals surface area contributed by atoms with E-state index in [9.17, 15) is 4.79 Å². The van der Waals surface area contributed by atoms with Gasteiger partial charge in [-0.1, -0.05) is 12.1 Å². The number of rotatable bonds is 5. The highest BCUT2D eigenvalue weighted by Crippen LogP contribution is 2.42. The smallest absolute Gasteiger partial charge is 0.339 e. The quantitative estimate of drug-likeness (QED) is 0.665. The van der Waals surface area contributed by atoms with Gasteiger partial charge in [0.15, 0.2) is 11.5 Å². The normalized spacial score (nSPS) is 13.6. The molecule has 2 N–H and O–H groups in total. The van der Waals surface area contributed by atoms with Gasteiger partial charge in [0.1, 0.15) is 6.61 Å². The lowest BCUT2D eigenvalue weighted by molar-refractivity contribution is -0.133. The van der Waals surface area contributed by atoms with E-state index in [1.807, 2.05) is 0 Å². The first-order chi connectivity index (χ1) is 12.1. The molecule has 2 aromatic carbocycles. The zero-order chi connectivity index (χ0) is 18.0. The van der Waals surface area contributed by atoms with Crippen molar-refractivity contribution in [3.63, 3.8) is 0 Å². The molecule has 1 aliphatic heterocycles. The molecule has 0 radical (unpaired) electrons. The number of nitrogens with two attached hydrogens (primary N) is 1. The van der Waals surface area contributed by atoms with Crippen LogP contribution in [0, 0.1) is 0 Å². The fourth-order valence-corrected chi connectivity index (χ4v) is 2.83. The number of carbonyl (C=O) groups excluding carboxylic acids is 1. The summed E-state index contributed by atoms with van der Waals surface area (Å²) in [6, 6.07) is 10.7. The van der Waals surface area contributed by atoms with Crippen molar-refractivity contribution >= 4 is 22.8 Å². The van der Waals surface area contributed by atoms with E-state index in [4.69, 9.17) is 24.7 Å². The first kappa shape index (κ1) is 16.7. The van der Waals surface area contributed by atoms with Gasteiger partial charge in [-0.05, 0) is 35.4 Å². The molecule has 1 heterocycles. The number of nitrogen functional groups attached to an aromatic ring is 1. The number of anilines is 1. The van der Waals surface area contributed by atoms with Crippen molar-refractivity contribution in [3.05, 3.63) is 47.5 Å². The third-order valence-electron chi connectivity index (χ3n) is 4.07. The van der Waals surface area contributed by atoms with E-state index >= 15 is 0 Å². The molecule has 0 atom stereocenters. The Morgan fingerprint density at radius 3 is 2.04 bits per heavy atom. The number of hydrogen-bond acceptors (Lipinski definition) is 6. The summed E-state index contributed by atoms with van der Waals surface area (Å²) in [6.45, 7) is 0.178. The van der Waals surface area contributed by atoms with Gasteiger partial charge in [-0.3, -0.25) is 0 Å². The van der Waals surface area contributed by atoms with E-state index < -0.39 is 0 Å². The molecule has 0 unspecified atom stereocenters. The number of cyclic esters (lactones) is 1. The largest absolute Gasteiger partial charge is 0.493 e. The highest BCUT2D eigenvalue weighted by molar-refractivity contribution is 6.27. The minimum Gasteiger partial charge on any atom is -0.493 e. The monoisotopic (exact) mass is 341 g/mol. The zero-order valence-corrected chi connectivity index (χ0v) is 14.3. The summed E-state index contributed by atoms with van der Waals surface area (Å²) < 4.78 is 21.4. The maximum absolute atomic E-state index is 12.3. The summed E-state index contributed by atoms with van der Waals surface area (Å²) >= 11 is 0. The van der Waals surface area contributed by atoms with Gasteiger partial charge in [0, 0.05) is 11.3 Å². The van der Waals surface area contributed by atoms with Crippen LogP contribution in [-0.4, -0.2) is 33.9 Å². The van der Waals surface area contributed by atoms with E-state index in [2.05, 4.69) is 0 Å². The van der Waals surface area contributed by atoms with Crippen molar-refractivity contribution in [2.45, 2.75) is 0 Å². The highest BCUT2D eigenvalue weighted by atomic mass is 16.5. The van der Waals surface area contributed by atoms with Gasteiger partial charge in [0.25, 0.3) is 0 Å².